The Morgan fingerprint density at radius 2 is 1.86 bits per heavy atom. The first-order chi connectivity index (χ1) is 13.6. The van der Waals surface area contributed by atoms with Gasteiger partial charge in [0.1, 0.15) is 5.75 Å². The fourth-order valence-corrected chi connectivity index (χ4v) is 3.52. The number of fused-ring (bicyclic) bond motifs is 1. The van der Waals surface area contributed by atoms with E-state index >= 15 is 0 Å². The van der Waals surface area contributed by atoms with Gasteiger partial charge in [-0.15, -0.1) is 0 Å². The molecule has 1 saturated carbocycles. The Labute approximate surface area is 162 Å². The molecule has 2 N–H and O–H groups in total. The number of aromatic nitrogens is 1. The number of nitrogens with zero attached hydrogens (tertiary/aromatic N) is 1. The molecular weight excluding hydrogens is 399 g/mol. The van der Waals surface area contributed by atoms with Crippen LogP contribution >= 0.6 is 0 Å². The zero-order chi connectivity index (χ0) is 21.2. The van der Waals surface area contributed by atoms with Crippen LogP contribution < -0.4 is 10.1 Å². The summed E-state index contributed by atoms with van der Waals surface area (Å²) in [6.45, 7) is -2.95. The SMILES string of the molecule is O=C(NC1CCC([C@@H](O)C(F)(F)F)CC1)c1cnc2cc(OC(F)F)ccc2c1. The van der Waals surface area contributed by atoms with Gasteiger partial charge in [0.2, 0.25) is 0 Å². The monoisotopic (exact) mass is 418 g/mol. The molecular formula is C19H19F5N2O3. The van der Waals surface area contributed by atoms with Crippen molar-refractivity contribution in [3.8, 4) is 5.75 Å². The Kier molecular flexibility index (Phi) is 6.21. The number of benzene rings is 1. The highest BCUT2D eigenvalue weighted by Gasteiger charge is 2.44. The Morgan fingerprint density at radius 3 is 2.48 bits per heavy atom. The maximum atomic E-state index is 12.6. The Morgan fingerprint density at radius 1 is 1.17 bits per heavy atom. The van der Waals surface area contributed by atoms with Gasteiger partial charge in [-0.05, 0) is 49.8 Å². The molecule has 29 heavy (non-hydrogen) atoms. The smallest absolute Gasteiger partial charge is 0.414 e. The summed E-state index contributed by atoms with van der Waals surface area (Å²) in [6, 6.07) is 5.42. The van der Waals surface area contributed by atoms with E-state index in [2.05, 4.69) is 15.0 Å². The van der Waals surface area contributed by atoms with Crippen molar-refractivity contribution in [3.63, 3.8) is 0 Å². The lowest BCUT2D eigenvalue weighted by Crippen LogP contribution is -2.42. The number of carbonyl (C=O) groups is 1. The van der Waals surface area contributed by atoms with Gasteiger partial charge in [0.25, 0.3) is 5.91 Å². The fourth-order valence-electron chi connectivity index (χ4n) is 3.52. The average molecular weight is 418 g/mol. The number of halogens is 5. The molecule has 0 bridgehead atoms. The fraction of sp³-hybridized carbons (Fsp3) is 0.474. The molecule has 0 unspecified atom stereocenters. The summed E-state index contributed by atoms with van der Waals surface area (Å²) in [5, 5.41) is 12.7. The minimum atomic E-state index is -4.64. The Balaban J connectivity index is 1.60. The summed E-state index contributed by atoms with van der Waals surface area (Å²) in [7, 11) is 0. The summed E-state index contributed by atoms with van der Waals surface area (Å²) in [5.41, 5.74) is 0.624. The minimum absolute atomic E-state index is 0.0463. The van der Waals surface area contributed by atoms with Crippen molar-refractivity contribution in [2.24, 2.45) is 5.92 Å². The van der Waals surface area contributed by atoms with Crippen LogP contribution in [0.25, 0.3) is 10.9 Å². The van der Waals surface area contributed by atoms with Crippen LogP contribution in [0, 0.1) is 5.92 Å². The predicted octanol–water partition coefficient (Wildman–Crippen LogP) is 4.05. The quantitative estimate of drug-likeness (QED) is 0.719. The number of hydrogen-bond donors (Lipinski definition) is 2. The molecule has 1 atom stereocenters. The van der Waals surface area contributed by atoms with Gasteiger partial charge in [0.15, 0.2) is 6.10 Å². The zero-order valence-electron chi connectivity index (χ0n) is 15.1. The van der Waals surface area contributed by atoms with Crippen LogP contribution in [0.5, 0.6) is 5.75 Å². The largest absolute Gasteiger partial charge is 0.435 e. The van der Waals surface area contributed by atoms with Crippen LogP contribution in [0.2, 0.25) is 0 Å². The van der Waals surface area contributed by atoms with E-state index in [1.807, 2.05) is 0 Å². The molecule has 0 aliphatic heterocycles. The van der Waals surface area contributed by atoms with Gasteiger partial charge in [-0.1, -0.05) is 0 Å². The highest BCUT2D eigenvalue weighted by molar-refractivity contribution is 5.97. The van der Waals surface area contributed by atoms with Crippen molar-refractivity contribution in [3.05, 3.63) is 36.0 Å². The maximum Gasteiger partial charge on any atom is 0.414 e. The average Bonchev–Trinajstić information content (AvgIpc) is 2.66. The van der Waals surface area contributed by atoms with E-state index in [4.69, 9.17) is 0 Å². The normalized spacial score (nSPS) is 21.2. The first kappa shape index (κ1) is 21.2. The zero-order valence-corrected chi connectivity index (χ0v) is 15.1. The van der Waals surface area contributed by atoms with Crippen LogP contribution in [0.4, 0.5) is 22.0 Å². The first-order valence-electron chi connectivity index (χ1n) is 9.04. The molecule has 1 aromatic carbocycles. The van der Waals surface area contributed by atoms with Crippen LogP contribution in [0.15, 0.2) is 30.5 Å². The van der Waals surface area contributed by atoms with Gasteiger partial charge in [-0.3, -0.25) is 9.78 Å². The van der Waals surface area contributed by atoms with Crippen LogP contribution in [-0.4, -0.2) is 40.9 Å². The molecule has 0 saturated heterocycles. The van der Waals surface area contributed by atoms with Crippen molar-refractivity contribution in [2.45, 2.75) is 50.6 Å². The summed E-state index contributed by atoms with van der Waals surface area (Å²) < 4.78 is 66.7. The second-order valence-electron chi connectivity index (χ2n) is 7.03. The lowest BCUT2D eigenvalue weighted by Gasteiger charge is -2.32. The lowest BCUT2D eigenvalue weighted by molar-refractivity contribution is -0.222. The third kappa shape index (κ3) is 5.31. The molecule has 5 nitrogen and oxygen atoms in total. The number of ether oxygens (including phenoxy) is 1. The van der Waals surface area contributed by atoms with E-state index in [-0.39, 0.29) is 30.2 Å². The number of nitrogens with one attached hydrogen (secondary N) is 1. The van der Waals surface area contributed by atoms with Gasteiger partial charge in [-0.25, -0.2) is 0 Å². The number of aliphatic hydroxyl groups is 1. The van der Waals surface area contributed by atoms with Crippen molar-refractivity contribution in [2.75, 3.05) is 0 Å². The number of pyridine rings is 1. The standard InChI is InChI=1S/C19H19F5N2O3/c20-18(21)29-14-6-3-11-7-12(9-25-15(11)8-14)17(28)26-13-4-1-10(2-5-13)16(27)19(22,23)24/h3,6-10,13,16,18,27H,1-2,4-5H2,(H,26,28)/t10?,13?,16-/m1/s1. The molecule has 1 fully saturated rings. The van der Waals surface area contributed by atoms with E-state index < -0.39 is 30.7 Å². The van der Waals surface area contributed by atoms with E-state index in [9.17, 15) is 31.9 Å². The molecule has 1 heterocycles. The maximum absolute atomic E-state index is 12.6. The van der Waals surface area contributed by atoms with Crippen molar-refractivity contribution in [1.82, 2.24) is 10.3 Å². The highest BCUT2D eigenvalue weighted by Crippen LogP contribution is 2.34. The first-order valence-corrected chi connectivity index (χ1v) is 9.04. The van der Waals surface area contributed by atoms with Crippen LogP contribution in [0.3, 0.4) is 0 Å². The summed E-state index contributed by atoms with van der Waals surface area (Å²) >= 11 is 0. The Hall–Kier alpha value is -2.49. The van der Waals surface area contributed by atoms with Crippen molar-refractivity contribution in [1.29, 1.82) is 0 Å². The molecule has 3 rings (SSSR count). The summed E-state index contributed by atoms with van der Waals surface area (Å²) in [6.07, 6.45) is -4.70. The topological polar surface area (TPSA) is 71.5 Å². The number of hydrogen-bond acceptors (Lipinski definition) is 4. The number of carbonyl (C=O) groups excluding carboxylic acids is 1. The molecule has 0 spiro atoms. The van der Waals surface area contributed by atoms with E-state index in [0.29, 0.717) is 23.7 Å². The van der Waals surface area contributed by atoms with Gasteiger partial charge >= 0.3 is 12.8 Å². The lowest BCUT2D eigenvalue weighted by atomic mass is 9.82. The number of rotatable bonds is 5. The van der Waals surface area contributed by atoms with Gasteiger partial charge < -0.3 is 15.2 Å². The molecule has 1 aliphatic rings. The molecule has 1 aliphatic carbocycles. The molecule has 158 valence electrons. The van der Waals surface area contributed by atoms with Crippen molar-refractivity contribution >= 4 is 16.8 Å². The van der Waals surface area contributed by atoms with Crippen LogP contribution in [0.1, 0.15) is 36.0 Å². The number of amides is 1. The Bertz CT molecular complexity index is 867. The van der Waals surface area contributed by atoms with Gasteiger partial charge in [-0.2, -0.15) is 22.0 Å². The van der Waals surface area contributed by atoms with Crippen molar-refractivity contribution < 1.29 is 36.6 Å². The molecule has 1 amide bonds. The number of alkyl halides is 5. The third-order valence-corrected chi connectivity index (χ3v) is 5.03. The minimum Gasteiger partial charge on any atom is -0.435 e. The molecule has 10 heteroatoms. The number of aliphatic hydroxyl groups excluding tert-OH is 1. The predicted molar refractivity (Wildman–Crippen MR) is 93.6 cm³/mol. The molecule has 2 aromatic rings. The van der Waals surface area contributed by atoms with Gasteiger partial charge in [0.05, 0.1) is 11.1 Å². The summed E-state index contributed by atoms with van der Waals surface area (Å²) in [4.78, 5) is 16.5. The molecule has 0 radical (unpaired) electrons. The summed E-state index contributed by atoms with van der Waals surface area (Å²) in [5.74, 6) is -1.34. The third-order valence-electron chi connectivity index (χ3n) is 5.03. The van der Waals surface area contributed by atoms with E-state index in [1.54, 1.807) is 6.07 Å². The second-order valence-corrected chi connectivity index (χ2v) is 7.03. The van der Waals surface area contributed by atoms with Crippen LogP contribution in [-0.2, 0) is 0 Å². The highest BCUT2D eigenvalue weighted by atomic mass is 19.4. The van der Waals surface area contributed by atoms with E-state index in [0.717, 1.165) is 0 Å². The molecule has 1 aromatic heterocycles. The second kappa shape index (κ2) is 8.48. The van der Waals surface area contributed by atoms with E-state index in [1.165, 1.54) is 24.4 Å². The van der Waals surface area contributed by atoms with Gasteiger partial charge in [0, 0.05) is 23.7 Å².